The third-order valence-corrected chi connectivity index (χ3v) is 4.31. The van der Waals surface area contributed by atoms with Crippen molar-refractivity contribution in [2.24, 2.45) is 0 Å². The van der Waals surface area contributed by atoms with Gasteiger partial charge in [0.15, 0.2) is 11.1 Å². The Morgan fingerprint density at radius 1 is 0.650 bits per heavy atom. The molecule has 0 spiro atoms. The molecule has 0 bridgehead atoms. The van der Waals surface area contributed by atoms with Crippen molar-refractivity contribution in [3.8, 4) is 0 Å². The van der Waals surface area contributed by atoms with Gasteiger partial charge in [0.1, 0.15) is 0 Å². The molecule has 0 aliphatic heterocycles. The molecule has 2 nitrogen and oxygen atoms in total. The summed E-state index contributed by atoms with van der Waals surface area (Å²) in [5.74, 6) is 0.456. The van der Waals surface area contributed by atoms with Crippen LogP contribution in [0.4, 0.5) is 0 Å². The van der Waals surface area contributed by atoms with Gasteiger partial charge in [0, 0.05) is 5.75 Å². The first kappa shape index (κ1) is 23.1. The fraction of sp³-hybridized carbons (Fsp3) is 1.00. The summed E-state index contributed by atoms with van der Waals surface area (Å²) in [6.45, 7) is 2.27. The molecule has 0 aliphatic carbocycles. The second-order valence-corrected chi connectivity index (χ2v) is 6.67. The Kier molecular flexibility index (Phi) is 22.9. The van der Waals surface area contributed by atoms with E-state index in [1.807, 2.05) is 0 Å². The minimum atomic E-state index is -1.58. The average Bonchev–Trinajstić information content (AvgIpc) is 2.39. The van der Waals surface area contributed by atoms with Crippen molar-refractivity contribution in [2.75, 3.05) is 5.75 Å². The minimum absolute atomic E-state index is 0. The van der Waals surface area contributed by atoms with Crippen molar-refractivity contribution in [3.63, 3.8) is 0 Å². The van der Waals surface area contributed by atoms with Crippen LogP contribution in [0.15, 0.2) is 0 Å². The van der Waals surface area contributed by atoms with Crippen LogP contribution in [-0.4, -0.2) is 14.5 Å². The van der Waals surface area contributed by atoms with Gasteiger partial charge < -0.3 is 4.55 Å². The van der Waals surface area contributed by atoms with Crippen LogP contribution in [0.3, 0.4) is 0 Å². The van der Waals surface area contributed by atoms with E-state index in [0.29, 0.717) is 5.75 Å². The SMILES string of the molecule is CCCCCCCCCCCCCCCCS(=O)O.[Ag+]. The predicted octanol–water partition coefficient (Wildman–Crippen LogP) is 5.69. The van der Waals surface area contributed by atoms with Gasteiger partial charge in [-0.05, 0) is 6.42 Å². The molecule has 0 rings (SSSR count). The van der Waals surface area contributed by atoms with Crippen molar-refractivity contribution in [3.05, 3.63) is 0 Å². The molecule has 0 radical (unpaired) electrons. The van der Waals surface area contributed by atoms with Gasteiger partial charge in [0.25, 0.3) is 0 Å². The molecule has 0 aromatic heterocycles. The van der Waals surface area contributed by atoms with E-state index in [0.717, 1.165) is 12.8 Å². The number of hydrogen-bond acceptors (Lipinski definition) is 1. The normalized spacial score (nSPS) is 12.1. The zero-order chi connectivity index (χ0) is 14.2. The third-order valence-electron chi connectivity index (χ3n) is 3.67. The fourth-order valence-corrected chi connectivity index (χ4v) is 2.87. The molecule has 0 aromatic carbocycles. The maximum atomic E-state index is 10.4. The monoisotopic (exact) mass is 397 g/mol. The standard InChI is InChI=1S/C16H34O2S.Ag/c1-2-3-4-5-6-7-8-9-10-11-12-13-14-15-16-19(17)18;/h2-16H2,1H3,(H,17,18);/q;+1. The van der Waals surface area contributed by atoms with Crippen molar-refractivity contribution >= 4 is 11.1 Å². The van der Waals surface area contributed by atoms with Crippen LogP contribution in [0.2, 0.25) is 0 Å². The first-order valence-electron chi connectivity index (χ1n) is 8.35. The molecule has 1 unspecified atom stereocenters. The van der Waals surface area contributed by atoms with Gasteiger partial charge in [0.2, 0.25) is 0 Å². The Balaban J connectivity index is 0. The van der Waals surface area contributed by atoms with Crippen LogP contribution in [0.5, 0.6) is 0 Å². The van der Waals surface area contributed by atoms with Crippen molar-refractivity contribution < 1.29 is 31.1 Å². The summed E-state index contributed by atoms with van der Waals surface area (Å²) in [7, 11) is 0. The van der Waals surface area contributed by atoms with E-state index < -0.39 is 11.1 Å². The van der Waals surface area contributed by atoms with Crippen LogP contribution >= 0.6 is 0 Å². The van der Waals surface area contributed by atoms with Gasteiger partial charge in [0.05, 0.1) is 0 Å². The molecular formula is C16H34AgO2S+. The molecule has 0 amide bonds. The Morgan fingerprint density at radius 2 is 0.950 bits per heavy atom. The summed E-state index contributed by atoms with van der Waals surface area (Å²) in [5, 5.41) is 0. The van der Waals surface area contributed by atoms with E-state index in [-0.39, 0.29) is 22.4 Å². The molecule has 0 heterocycles. The zero-order valence-electron chi connectivity index (χ0n) is 13.2. The largest absolute Gasteiger partial charge is 1.00 e. The van der Waals surface area contributed by atoms with E-state index in [1.165, 1.54) is 77.0 Å². The third kappa shape index (κ3) is 21.2. The van der Waals surface area contributed by atoms with E-state index >= 15 is 0 Å². The Bertz CT molecular complexity index is 201. The Labute approximate surface area is 144 Å². The van der Waals surface area contributed by atoms with E-state index in [1.54, 1.807) is 0 Å². The van der Waals surface area contributed by atoms with E-state index in [9.17, 15) is 4.21 Å². The smallest absolute Gasteiger partial charge is 0.306 e. The minimum Gasteiger partial charge on any atom is -0.306 e. The van der Waals surface area contributed by atoms with Crippen molar-refractivity contribution in [1.29, 1.82) is 0 Å². The number of rotatable bonds is 15. The van der Waals surface area contributed by atoms with E-state index in [2.05, 4.69) is 6.92 Å². The quantitative estimate of drug-likeness (QED) is 0.219. The van der Waals surface area contributed by atoms with Crippen LogP contribution < -0.4 is 0 Å². The van der Waals surface area contributed by atoms with Crippen molar-refractivity contribution in [2.45, 2.75) is 96.8 Å². The molecule has 1 atom stereocenters. The van der Waals surface area contributed by atoms with Gasteiger partial charge in [-0.3, -0.25) is 0 Å². The van der Waals surface area contributed by atoms with Crippen LogP contribution in [0, 0.1) is 0 Å². The van der Waals surface area contributed by atoms with Crippen molar-refractivity contribution in [1.82, 2.24) is 0 Å². The van der Waals surface area contributed by atoms with Gasteiger partial charge in [-0.25, -0.2) is 4.21 Å². The maximum Gasteiger partial charge on any atom is 1.00 e. The Morgan fingerprint density at radius 3 is 1.25 bits per heavy atom. The molecule has 0 aromatic rings. The summed E-state index contributed by atoms with van der Waals surface area (Å²) < 4.78 is 19.0. The number of unbranched alkanes of at least 4 members (excludes halogenated alkanes) is 13. The maximum absolute atomic E-state index is 10.4. The molecule has 4 heteroatoms. The molecule has 126 valence electrons. The van der Waals surface area contributed by atoms with Gasteiger partial charge in [-0.2, -0.15) is 0 Å². The summed E-state index contributed by atoms with van der Waals surface area (Å²) >= 11 is -1.58. The topological polar surface area (TPSA) is 37.3 Å². The molecule has 1 N–H and O–H groups in total. The first-order chi connectivity index (χ1) is 9.27. The van der Waals surface area contributed by atoms with Gasteiger partial charge in [-0.15, -0.1) is 0 Å². The van der Waals surface area contributed by atoms with Crippen LogP contribution in [-0.2, 0) is 33.5 Å². The molecule has 0 saturated carbocycles. The van der Waals surface area contributed by atoms with E-state index in [4.69, 9.17) is 4.55 Å². The van der Waals surface area contributed by atoms with Crippen LogP contribution in [0.1, 0.15) is 96.8 Å². The number of hydrogen-bond donors (Lipinski definition) is 1. The predicted molar refractivity (Wildman–Crippen MR) is 86.0 cm³/mol. The summed E-state index contributed by atoms with van der Waals surface area (Å²) in [6.07, 6.45) is 18.5. The summed E-state index contributed by atoms with van der Waals surface area (Å²) in [4.78, 5) is 0. The molecule has 0 aliphatic rings. The molecule has 0 saturated heterocycles. The molecular weight excluding hydrogens is 364 g/mol. The molecule has 20 heavy (non-hydrogen) atoms. The average molecular weight is 398 g/mol. The first-order valence-corrected chi connectivity index (χ1v) is 9.62. The Hall–Kier alpha value is 0.850. The summed E-state index contributed by atoms with van der Waals surface area (Å²) in [6, 6.07) is 0. The second kappa shape index (κ2) is 19.9. The zero-order valence-corrected chi connectivity index (χ0v) is 15.5. The van der Waals surface area contributed by atoms with Crippen LogP contribution in [0.25, 0.3) is 0 Å². The fourth-order valence-electron chi connectivity index (χ4n) is 2.42. The van der Waals surface area contributed by atoms with Gasteiger partial charge >= 0.3 is 22.4 Å². The second-order valence-electron chi connectivity index (χ2n) is 5.62. The molecule has 0 fully saturated rings. The van der Waals surface area contributed by atoms with Gasteiger partial charge in [-0.1, -0.05) is 90.4 Å². The summed E-state index contributed by atoms with van der Waals surface area (Å²) in [5.41, 5.74) is 0.